The number of H-pyrrole nitrogens is 1. The van der Waals surface area contributed by atoms with Crippen LogP contribution in [0.3, 0.4) is 0 Å². The molecule has 2 aromatic rings. The van der Waals surface area contributed by atoms with Gasteiger partial charge in [-0.1, -0.05) is 17.7 Å². The number of rotatable bonds is 3. The quantitative estimate of drug-likeness (QED) is 0.856. The molecule has 0 fully saturated rings. The first-order valence-electron chi connectivity index (χ1n) is 5.74. The predicted molar refractivity (Wildman–Crippen MR) is 71.9 cm³/mol. The molecule has 0 saturated heterocycles. The maximum Gasteiger partial charge on any atom is 0.339 e. The first kappa shape index (κ1) is 12.7. The minimum absolute atomic E-state index is 0.314. The van der Waals surface area contributed by atoms with E-state index in [-0.39, 0.29) is 5.97 Å². The molecule has 0 aliphatic carbocycles. The van der Waals surface area contributed by atoms with Gasteiger partial charge in [0, 0.05) is 16.9 Å². The molecule has 0 saturated carbocycles. The Morgan fingerprint density at radius 3 is 2.83 bits per heavy atom. The van der Waals surface area contributed by atoms with E-state index in [0.717, 1.165) is 21.8 Å². The van der Waals surface area contributed by atoms with Crippen molar-refractivity contribution in [2.45, 2.75) is 13.8 Å². The summed E-state index contributed by atoms with van der Waals surface area (Å²) in [6.45, 7) is 4.11. The monoisotopic (exact) mass is 263 g/mol. The number of hydrogen-bond donors (Lipinski definition) is 1. The number of aryl methyl sites for hydroxylation is 1. The minimum atomic E-state index is -0.314. The first-order valence-corrected chi connectivity index (χ1v) is 6.11. The van der Waals surface area contributed by atoms with Crippen molar-refractivity contribution in [2.24, 2.45) is 0 Å². The number of benzene rings is 1. The highest BCUT2D eigenvalue weighted by molar-refractivity contribution is 6.31. The molecule has 1 heterocycles. The molecule has 0 spiro atoms. The van der Waals surface area contributed by atoms with Crippen molar-refractivity contribution in [1.29, 1.82) is 0 Å². The van der Waals surface area contributed by atoms with Crippen LogP contribution in [-0.2, 0) is 4.74 Å². The molecular formula is C14H14ClNO2. The molecule has 94 valence electrons. The third-order valence-electron chi connectivity index (χ3n) is 2.66. The van der Waals surface area contributed by atoms with Crippen molar-refractivity contribution in [3.63, 3.8) is 0 Å². The number of nitrogens with one attached hydrogen (secondary N) is 1. The zero-order valence-corrected chi connectivity index (χ0v) is 11.0. The van der Waals surface area contributed by atoms with Crippen LogP contribution in [0.2, 0.25) is 5.02 Å². The number of aromatic nitrogens is 1. The lowest BCUT2D eigenvalue weighted by atomic mass is 10.1. The van der Waals surface area contributed by atoms with E-state index in [2.05, 4.69) is 4.98 Å². The number of carbonyl (C=O) groups excluding carboxylic acids is 1. The van der Waals surface area contributed by atoms with E-state index < -0.39 is 0 Å². The van der Waals surface area contributed by atoms with Crippen molar-refractivity contribution in [1.82, 2.24) is 4.98 Å². The second-order valence-corrected chi connectivity index (χ2v) is 4.39. The van der Waals surface area contributed by atoms with Crippen LogP contribution in [0.25, 0.3) is 11.3 Å². The standard InChI is InChI=1S/C14H14ClNO2/c1-3-18-14(17)11-7-13(16-8-11)10-4-5-12(15)9(2)6-10/h4-8,16H,3H2,1-2H3. The topological polar surface area (TPSA) is 42.1 Å². The molecule has 3 nitrogen and oxygen atoms in total. The number of esters is 1. The Balaban J connectivity index is 2.29. The van der Waals surface area contributed by atoms with Crippen molar-refractivity contribution >= 4 is 17.6 Å². The predicted octanol–water partition coefficient (Wildman–Crippen LogP) is 3.82. The van der Waals surface area contributed by atoms with E-state index in [4.69, 9.17) is 16.3 Å². The number of halogens is 1. The SMILES string of the molecule is CCOC(=O)c1c[nH]c(-c2ccc(Cl)c(C)c2)c1. The molecule has 0 aliphatic rings. The fourth-order valence-corrected chi connectivity index (χ4v) is 1.82. The number of hydrogen-bond acceptors (Lipinski definition) is 2. The fourth-order valence-electron chi connectivity index (χ4n) is 1.71. The van der Waals surface area contributed by atoms with Crippen molar-refractivity contribution in [3.8, 4) is 11.3 Å². The van der Waals surface area contributed by atoms with Gasteiger partial charge in [0.25, 0.3) is 0 Å². The Kier molecular flexibility index (Phi) is 3.72. The van der Waals surface area contributed by atoms with Crippen LogP contribution in [0.4, 0.5) is 0 Å². The van der Waals surface area contributed by atoms with Gasteiger partial charge in [0.05, 0.1) is 12.2 Å². The zero-order valence-electron chi connectivity index (χ0n) is 10.3. The summed E-state index contributed by atoms with van der Waals surface area (Å²) < 4.78 is 4.94. The van der Waals surface area contributed by atoms with Crippen LogP contribution < -0.4 is 0 Å². The van der Waals surface area contributed by atoms with Gasteiger partial charge in [0.1, 0.15) is 0 Å². The molecule has 0 aliphatic heterocycles. The van der Waals surface area contributed by atoms with Gasteiger partial charge in [-0.25, -0.2) is 4.79 Å². The lowest BCUT2D eigenvalue weighted by Gasteiger charge is -2.01. The summed E-state index contributed by atoms with van der Waals surface area (Å²) in [6, 6.07) is 7.51. The molecule has 1 N–H and O–H groups in total. The Morgan fingerprint density at radius 1 is 1.39 bits per heavy atom. The summed E-state index contributed by atoms with van der Waals surface area (Å²) in [5.41, 5.74) is 3.39. The Bertz CT molecular complexity index is 575. The van der Waals surface area contributed by atoms with Crippen LogP contribution in [-0.4, -0.2) is 17.6 Å². The molecule has 1 aromatic carbocycles. The van der Waals surface area contributed by atoms with Gasteiger partial charge in [0.2, 0.25) is 0 Å². The van der Waals surface area contributed by atoms with Crippen molar-refractivity contribution in [2.75, 3.05) is 6.61 Å². The van der Waals surface area contributed by atoms with Crippen molar-refractivity contribution < 1.29 is 9.53 Å². The maximum absolute atomic E-state index is 11.5. The minimum Gasteiger partial charge on any atom is -0.462 e. The zero-order chi connectivity index (χ0) is 13.1. The molecule has 18 heavy (non-hydrogen) atoms. The Morgan fingerprint density at radius 2 is 2.17 bits per heavy atom. The first-order chi connectivity index (χ1) is 8.61. The van der Waals surface area contributed by atoms with Gasteiger partial charge >= 0.3 is 5.97 Å². The third-order valence-corrected chi connectivity index (χ3v) is 3.09. The molecule has 1 aromatic heterocycles. The molecule has 0 amide bonds. The summed E-state index contributed by atoms with van der Waals surface area (Å²) in [7, 11) is 0. The van der Waals surface area contributed by atoms with Gasteiger partial charge in [-0.2, -0.15) is 0 Å². The summed E-state index contributed by atoms with van der Waals surface area (Å²) >= 11 is 5.98. The molecule has 0 atom stereocenters. The molecule has 4 heteroatoms. The smallest absolute Gasteiger partial charge is 0.339 e. The van der Waals surface area contributed by atoms with Gasteiger partial charge < -0.3 is 9.72 Å². The third kappa shape index (κ3) is 2.57. The molecule has 0 radical (unpaired) electrons. The second kappa shape index (κ2) is 5.27. The number of carbonyl (C=O) groups is 1. The Labute approximate surface area is 111 Å². The van der Waals surface area contributed by atoms with Gasteiger partial charge in [-0.3, -0.25) is 0 Å². The number of aromatic amines is 1. The lowest BCUT2D eigenvalue weighted by molar-refractivity contribution is 0.0526. The molecule has 0 unspecified atom stereocenters. The summed E-state index contributed by atoms with van der Waals surface area (Å²) in [5, 5.41) is 0.732. The van der Waals surface area contributed by atoms with E-state index >= 15 is 0 Å². The second-order valence-electron chi connectivity index (χ2n) is 3.99. The van der Waals surface area contributed by atoms with Crippen molar-refractivity contribution in [3.05, 3.63) is 46.6 Å². The highest BCUT2D eigenvalue weighted by atomic mass is 35.5. The van der Waals surface area contributed by atoms with E-state index in [1.54, 1.807) is 19.2 Å². The van der Waals surface area contributed by atoms with E-state index in [1.165, 1.54) is 0 Å². The van der Waals surface area contributed by atoms with Gasteiger partial charge in [-0.15, -0.1) is 0 Å². The van der Waals surface area contributed by atoms with E-state index in [9.17, 15) is 4.79 Å². The average Bonchev–Trinajstić information content (AvgIpc) is 2.82. The van der Waals surface area contributed by atoms with Crippen LogP contribution in [0, 0.1) is 6.92 Å². The highest BCUT2D eigenvalue weighted by Gasteiger charge is 2.10. The Hall–Kier alpha value is -1.74. The fraction of sp³-hybridized carbons (Fsp3) is 0.214. The highest BCUT2D eigenvalue weighted by Crippen LogP contribution is 2.24. The molecule has 0 bridgehead atoms. The van der Waals surface area contributed by atoms with E-state index in [1.807, 2.05) is 25.1 Å². The summed E-state index contributed by atoms with van der Waals surface area (Å²) in [6.07, 6.45) is 1.65. The molecular weight excluding hydrogens is 250 g/mol. The number of ether oxygens (including phenoxy) is 1. The van der Waals surface area contributed by atoms with Crippen LogP contribution in [0.15, 0.2) is 30.5 Å². The largest absolute Gasteiger partial charge is 0.462 e. The summed E-state index contributed by atoms with van der Waals surface area (Å²) in [4.78, 5) is 14.6. The van der Waals surface area contributed by atoms with Crippen LogP contribution in [0.5, 0.6) is 0 Å². The summed E-state index contributed by atoms with van der Waals surface area (Å²) in [5.74, 6) is -0.314. The van der Waals surface area contributed by atoms with E-state index in [0.29, 0.717) is 12.2 Å². The van der Waals surface area contributed by atoms with Crippen LogP contribution in [0.1, 0.15) is 22.8 Å². The van der Waals surface area contributed by atoms with Gasteiger partial charge in [-0.05, 0) is 43.2 Å². The maximum atomic E-state index is 11.5. The lowest BCUT2D eigenvalue weighted by Crippen LogP contribution is -2.02. The average molecular weight is 264 g/mol. The normalized spacial score (nSPS) is 10.4. The van der Waals surface area contributed by atoms with Crippen LogP contribution >= 0.6 is 11.6 Å². The molecule has 2 rings (SSSR count). The van der Waals surface area contributed by atoms with Gasteiger partial charge in [0.15, 0.2) is 0 Å².